The van der Waals surface area contributed by atoms with E-state index in [2.05, 4.69) is 4.74 Å². The quantitative estimate of drug-likeness (QED) is 0.558. The topological polar surface area (TPSA) is 26.3 Å². The van der Waals surface area contributed by atoms with E-state index in [-0.39, 0.29) is 12.4 Å². The van der Waals surface area contributed by atoms with E-state index < -0.39 is 0 Å². The van der Waals surface area contributed by atoms with Gasteiger partial charge in [-0.15, -0.1) is 0 Å². The molecule has 1 aromatic carbocycles. The molecule has 4 heteroatoms. The van der Waals surface area contributed by atoms with E-state index in [0.717, 1.165) is 11.1 Å². The van der Waals surface area contributed by atoms with Crippen molar-refractivity contribution in [1.82, 2.24) is 0 Å². The van der Waals surface area contributed by atoms with Crippen LogP contribution >= 0.6 is 11.6 Å². The van der Waals surface area contributed by atoms with Gasteiger partial charge in [-0.2, -0.15) is 0 Å². The second kappa shape index (κ2) is 5.06. The summed E-state index contributed by atoms with van der Waals surface area (Å²) in [5.41, 5.74) is 1.63. The third kappa shape index (κ3) is 2.52. The predicted molar refractivity (Wildman–Crippen MR) is 56.6 cm³/mol. The van der Waals surface area contributed by atoms with E-state index >= 15 is 0 Å². The zero-order chi connectivity index (χ0) is 10.6. The van der Waals surface area contributed by atoms with Crippen LogP contribution in [-0.4, -0.2) is 20.9 Å². The highest BCUT2D eigenvalue weighted by molar-refractivity contribution is 6.31. The van der Waals surface area contributed by atoms with Gasteiger partial charge in [-0.05, 0) is 11.6 Å². The zero-order valence-corrected chi connectivity index (χ0v) is 8.67. The first-order chi connectivity index (χ1) is 6.69. The summed E-state index contributed by atoms with van der Waals surface area (Å²) >= 11 is 5.95. The van der Waals surface area contributed by atoms with Gasteiger partial charge in [0.15, 0.2) is 0 Å². The first kappa shape index (κ1) is 11.1. The summed E-state index contributed by atoms with van der Waals surface area (Å²) in [5.74, 6) is -0.312. The van der Waals surface area contributed by atoms with Crippen LogP contribution in [0.2, 0.25) is 5.02 Å². The Morgan fingerprint density at radius 3 is 2.86 bits per heavy atom. The smallest absolute Gasteiger partial charge is 0.310 e. The fourth-order valence-corrected chi connectivity index (χ4v) is 1.47. The van der Waals surface area contributed by atoms with Crippen LogP contribution in [0.3, 0.4) is 0 Å². The molecule has 0 heterocycles. The lowest BCUT2D eigenvalue weighted by Gasteiger charge is -2.08. The number of ether oxygens (including phenoxy) is 1. The Bertz CT molecular complexity index is 339. The third-order valence-corrected chi connectivity index (χ3v) is 2.34. The predicted octanol–water partition coefficient (Wildman–Crippen LogP) is 1.72. The van der Waals surface area contributed by atoms with Crippen LogP contribution in [0, 0.1) is 0 Å². The lowest BCUT2D eigenvalue weighted by molar-refractivity contribution is -0.139. The van der Waals surface area contributed by atoms with Crippen molar-refractivity contribution in [3.05, 3.63) is 34.3 Å². The third-order valence-electron chi connectivity index (χ3n) is 1.98. The van der Waals surface area contributed by atoms with E-state index in [1.165, 1.54) is 7.11 Å². The molecule has 72 valence electrons. The van der Waals surface area contributed by atoms with E-state index in [1.54, 1.807) is 6.07 Å². The molecule has 0 amide bonds. The summed E-state index contributed by atoms with van der Waals surface area (Å²) in [6.07, 6.45) is 0.537. The Hall–Kier alpha value is -0.955. The van der Waals surface area contributed by atoms with Crippen molar-refractivity contribution in [1.29, 1.82) is 0 Å². The van der Waals surface area contributed by atoms with Crippen LogP contribution in [0.1, 0.15) is 11.1 Å². The maximum atomic E-state index is 11.1. The summed E-state index contributed by atoms with van der Waals surface area (Å²) in [5, 5.41) is 0.554. The highest BCUT2D eigenvalue weighted by Gasteiger charge is 2.10. The Morgan fingerprint density at radius 1 is 1.57 bits per heavy atom. The molecule has 0 atom stereocenters. The first-order valence-corrected chi connectivity index (χ1v) is 4.60. The molecule has 0 spiro atoms. The summed E-state index contributed by atoms with van der Waals surface area (Å²) in [7, 11) is 6.87. The Morgan fingerprint density at radius 2 is 2.29 bits per heavy atom. The van der Waals surface area contributed by atoms with E-state index in [1.807, 2.05) is 12.1 Å². The molecule has 0 aliphatic carbocycles. The summed E-state index contributed by atoms with van der Waals surface area (Å²) in [6, 6.07) is 5.40. The van der Waals surface area contributed by atoms with Crippen LogP contribution in [-0.2, 0) is 22.3 Å². The second-order valence-electron chi connectivity index (χ2n) is 2.83. The van der Waals surface area contributed by atoms with Gasteiger partial charge in [0.1, 0.15) is 0 Å². The molecule has 0 aromatic heterocycles. The molecule has 0 N–H and O–H groups in total. The van der Waals surface area contributed by atoms with Crippen LogP contribution in [0.4, 0.5) is 0 Å². The fraction of sp³-hybridized carbons (Fsp3) is 0.300. The van der Waals surface area contributed by atoms with Crippen molar-refractivity contribution in [3.63, 3.8) is 0 Å². The summed E-state index contributed by atoms with van der Waals surface area (Å²) < 4.78 is 4.57. The van der Waals surface area contributed by atoms with Gasteiger partial charge in [0.05, 0.1) is 21.4 Å². The standard InChI is InChI=1S/C10H10BClO2/c1-14-10(13)5-8-7(6-11)3-2-4-9(8)12/h2-4H,5-6H2,1H3. The molecule has 0 saturated heterocycles. The SMILES string of the molecule is [B]Cc1cccc(Cl)c1CC(=O)OC. The zero-order valence-electron chi connectivity index (χ0n) is 7.92. The number of halogens is 1. The number of rotatable bonds is 3. The van der Waals surface area contributed by atoms with Crippen molar-refractivity contribution >= 4 is 25.4 Å². The molecule has 0 bridgehead atoms. The Labute approximate surface area is 89.6 Å². The second-order valence-corrected chi connectivity index (χ2v) is 3.24. The molecular weight excluding hydrogens is 198 g/mol. The lowest BCUT2D eigenvalue weighted by atomic mass is 9.92. The van der Waals surface area contributed by atoms with Gasteiger partial charge in [-0.3, -0.25) is 4.79 Å². The molecule has 0 fully saturated rings. The van der Waals surface area contributed by atoms with E-state index in [4.69, 9.17) is 19.4 Å². The molecule has 0 aliphatic heterocycles. The molecule has 14 heavy (non-hydrogen) atoms. The number of esters is 1. The Kier molecular flexibility index (Phi) is 4.02. The van der Waals surface area contributed by atoms with E-state index in [0.29, 0.717) is 11.3 Å². The number of carbonyl (C=O) groups is 1. The van der Waals surface area contributed by atoms with Crippen molar-refractivity contribution < 1.29 is 9.53 Å². The van der Waals surface area contributed by atoms with Crippen molar-refractivity contribution in [3.8, 4) is 0 Å². The van der Waals surface area contributed by atoms with Crippen LogP contribution in [0.5, 0.6) is 0 Å². The van der Waals surface area contributed by atoms with Crippen molar-refractivity contribution in [2.75, 3.05) is 7.11 Å². The molecule has 1 rings (SSSR count). The number of methoxy groups -OCH3 is 1. The number of hydrogen-bond acceptors (Lipinski definition) is 2. The minimum absolute atomic E-state index is 0.169. The minimum Gasteiger partial charge on any atom is -0.469 e. The largest absolute Gasteiger partial charge is 0.469 e. The van der Waals surface area contributed by atoms with Gasteiger partial charge in [-0.25, -0.2) is 0 Å². The van der Waals surface area contributed by atoms with Gasteiger partial charge < -0.3 is 4.74 Å². The summed E-state index contributed by atoms with van der Waals surface area (Å²) in [6.45, 7) is 0. The summed E-state index contributed by atoms with van der Waals surface area (Å²) in [4.78, 5) is 11.1. The first-order valence-electron chi connectivity index (χ1n) is 4.22. The van der Waals surface area contributed by atoms with Crippen LogP contribution in [0.15, 0.2) is 18.2 Å². The molecule has 2 radical (unpaired) electrons. The molecule has 0 unspecified atom stereocenters. The molecule has 0 aliphatic rings. The number of carbonyl (C=O) groups excluding carboxylic acids is 1. The molecule has 0 saturated carbocycles. The molecule has 2 nitrogen and oxygen atoms in total. The van der Waals surface area contributed by atoms with E-state index in [9.17, 15) is 4.79 Å². The highest BCUT2D eigenvalue weighted by atomic mass is 35.5. The Balaban J connectivity index is 2.98. The number of hydrogen-bond donors (Lipinski definition) is 0. The molecule has 1 aromatic rings. The average molecular weight is 208 g/mol. The van der Waals surface area contributed by atoms with Gasteiger partial charge in [0.25, 0.3) is 0 Å². The monoisotopic (exact) mass is 208 g/mol. The number of benzene rings is 1. The normalized spacial score (nSPS) is 9.86. The fourth-order valence-electron chi connectivity index (χ4n) is 1.21. The van der Waals surface area contributed by atoms with Gasteiger partial charge in [0.2, 0.25) is 0 Å². The maximum absolute atomic E-state index is 11.1. The van der Waals surface area contributed by atoms with Crippen molar-refractivity contribution in [2.24, 2.45) is 0 Å². The maximum Gasteiger partial charge on any atom is 0.310 e. The molecular formula is C10H10BClO2. The minimum atomic E-state index is -0.312. The highest BCUT2D eigenvalue weighted by Crippen LogP contribution is 2.20. The van der Waals surface area contributed by atoms with Crippen molar-refractivity contribution in [2.45, 2.75) is 12.7 Å². The van der Waals surface area contributed by atoms with Gasteiger partial charge in [0, 0.05) is 5.02 Å². The average Bonchev–Trinajstić information content (AvgIpc) is 2.20. The van der Waals surface area contributed by atoms with Crippen LogP contribution in [0.25, 0.3) is 0 Å². The lowest BCUT2D eigenvalue weighted by Crippen LogP contribution is -2.07. The van der Waals surface area contributed by atoms with Gasteiger partial charge in [-0.1, -0.05) is 35.6 Å². The van der Waals surface area contributed by atoms with Crippen LogP contribution < -0.4 is 0 Å². The van der Waals surface area contributed by atoms with Gasteiger partial charge >= 0.3 is 5.97 Å².